The van der Waals surface area contributed by atoms with E-state index in [0.717, 1.165) is 62.6 Å². The quantitative estimate of drug-likeness (QED) is 0.404. The van der Waals surface area contributed by atoms with E-state index in [1.165, 1.54) is 54.7 Å². The Morgan fingerprint density at radius 2 is 1.35 bits per heavy atom. The predicted molar refractivity (Wildman–Crippen MR) is 131 cm³/mol. The van der Waals surface area contributed by atoms with Crippen LogP contribution in [0.2, 0.25) is 0 Å². The summed E-state index contributed by atoms with van der Waals surface area (Å²) >= 11 is 0. The minimum absolute atomic E-state index is 0.00788. The molecule has 0 spiro atoms. The number of ether oxygens (including phenoxy) is 1. The summed E-state index contributed by atoms with van der Waals surface area (Å²) < 4.78 is 33.1. The van der Waals surface area contributed by atoms with Crippen molar-refractivity contribution in [1.29, 1.82) is 0 Å². The first-order valence-electron chi connectivity index (χ1n) is 12.4. The van der Waals surface area contributed by atoms with Gasteiger partial charge in [-0.2, -0.15) is 0 Å². The number of benzene rings is 3. The summed E-state index contributed by atoms with van der Waals surface area (Å²) in [4.78, 5) is 4.90. The molecular weight excluding hydrogens is 430 g/mol. The molecular formula is C29H32F2N2O. The van der Waals surface area contributed by atoms with E-state index in [1.54, 1.807) is 0 Å². The molecule has 0 radical (unpaired) electrons. The highest BCUT2D eigenvalue weighted by Gasteiger charge is 2.26. The van der Waals surface area contributed by atoms with Crippen molar-refractivity contribution in [3.8, 4) is 5.75 Å². The van der Waals surface area contributed by atoms with Gasteiger partial charge in [0.2, 0.25) is 0 Å². The third-order valence-electron chi connectivity index (χ3n) is 7.10. The lowest BCUT2D eigenvalue weighted by Gasteiger charge is -2.39. The molecule has 1 heterocycles. The number of piperazine rings is 1. The van der Waals surface area contributed by atoms with Gasteiger partial charge in [0.15, 0.2) is 0 Å². The maximum atomic E-state index is 13.5. The van der Waals surface area contributed by atoms with Gasteiger partial charge in [0.05, 0.1) is 12.6 Å². The average molecular weight is 463 g/mol. The van der Waals surface area contributed by atoms with Crippen molar-refractivity contribution in [2.24, 2.45) is 0 Å². The molecule has 3 aromatic rings. The molecule has 5 heteroatoms. The number of hydrogen-bond donors (Lipinski definition) is 0. The van der Waals surface area contributed by atoms with E-state index in [1.807, 2.05) is 24.3 Å². The topological polar surface area (TPSA) is 15.7 Å². The van der Waals surface area contributed by atoms with Crippen LogP contribution in [0.1, 0.15) is 41.1 Å². The van der Waals surface area contributed by atoms with Gasteiger partial charge >= 0.3 is 0 Å². The smallest absolute Gasteiger partial charge is 0.123 e. The minimum Gasteiger partial charge on any atom is -0.494 e. The highest BCUT2D eigenvalue weighted by Crippen LogP contribution is 2.30. The van der Waals surface area contributed by atoms with Crippen LogP contribution in [-0.2, 0) is 12.8 Å². The van der Waals surface area contributed by atoms with Gasteiger partial charge < -0.3 is 9.64 Å². The predicted octanol–water partition coefficient (Wildman–Crippen LogP) is 5.63. The molecule has 0 bridgehead atoms. The van der Waals surface area contributed by atoms with Crippen LogP contribution in [0, 0.1) is 11.6 Å². The Morgan fingerprint density at radius 3 is 2.00 bits per heavy atom. The Labute approximate surface area is 201 Å². The van der Waals surface area contributed by atoms with Crippen LogP contribution in [0.15, 0.2) is 66.7 Å². The van der Waals surface area contributed by atoms with Gasteiger partial charge in [0, 0.05) is 32.7 Å². The van der Waals surface area contributed by atoms with Gasteiger partial charge in [-0.15, -0.1) is 0 Å². The lowest BCUT2D eigenvalue weighted by molar-refractivity contribution is 0.105. The zero-order valence-electron chi connectivity index (χ0n) is 19.6. The average Bonchev–Trinajstić information content (AvgIpc) is 3.33. The van der Waals surface area contributed by atoms with Crippen LogP contribution in [0.25, 0.3) is 0 Å². The normalized spacial score (nSPS) is 16.7. The molecule has 34 heavy (non-hydrogen) atoms. The molecule has 1 fully saturated rings. The van der Waals surface area contributed by atoms with Crippen molar-refractivity contribution in [2.45, 2.75) is 31.7 Å². The lowest BCUT2D eigenvalue weighted by atomic mass is 9.96. The number of hydrogen-bond acceptors (Lipinski definition) is 3. The summed E-state index contributed by atoms with van der Waals surface area (Å²) in [5, 5.41) is 0. The highest BCUT2D eigenvalue weighted by molar-refractivity contribution is 5.38. The maximum Gasteiger partial charge on any atom is 0.123 e. The minimum atomic E-state index is -0.242. The summed E-state index contributed by atoms with van der Waals surface area (Å²) in [5.41, 5.74) is 4.99. The Balaban J connectivity index is 1.14. The Bertz CT molecular complexity index is 1030. The Morgan fingerprint density at radius 1 is 0.735 bits per heavy atom. The van der Waals surface area contributed by atoms with Crippen molar-refractivity contribution < 1.29 is 13.5 Å². The van der Waals surface area contributed by atoms with Crippen LogP contribution < -0.4 is 4.74 Å². The number of halogens is 2. The van der Waals surface area contributed by atoms with Crippen molar-refractivity contribution in [2.75, 3.05) is 39.3 Å². The molecule has 1 aliphatic carbocycles. The van der Waals surface area contributed by atoms with Crippen molar-refractivity contribution >= 4 is 0 Å². The number of rotatable bonds is 8. The lowest BCUT2D eigenvalue weighted by Crippen LogP contribution is -2.48. The molecule has 3 nitrogen and oxygen atoms in total. The third kappa shape index (κ3) is 5.48. The van der Waals surface area contributed by atoms with E-state index in [2.05, 4.69) is 28.0 Å². The number of nitrogens with zero attached hydrogens (tertiary/aromatic N) is 2. The van der Waals surface area contributed by atoms with Crippen LogP contribution in [0.4, 0.5) is 8.78 Å². The van der Waals surface area contributed by atoms with Gasteiger partial charge in [-0.3, -0.25) is 4.90 Å². The molecule has 0 saturated carbocycles. The van der Waals surface area contributed by atoms with Gasteiger partial charge in [-0.05, 0) is 84.3 Å². The molecule has 1 saturated heterocycles. The molecule has 178 valence electrons. The van der Waals surface area contributed by atoms with E-state index in [0.29, 0.717) is 0 Å². The van der Waals surface area contributed by atoms with E-state index < -0.39 is 0 Å². The number of aryl methyl sites for hydroxylation is 2. The zero-order chi connectivity index (χ0) is 23.3. The zero-order valence-corrected chi connectivity index (χ0v) is 19.6. The molecule has 0 aromatic heterocycles. The molecule has 0 unspecified atom stereocenters. The Kier molecular flexibility index (Phi) is 7.21. The Hall–Kier alpha value is -2.76. The molecule has 0 amide bonds. The first-order valence-corrected chi connectivity index (χ1v) is 12.4. The van der Waals surface area contributed by atoms with Crippen LogP contribution in [0.5, 0.6) is 5.75 Å². The summed E-state index contributed by atoms with van der Waals surface area (Å²) in [6.07, 6.45) is 4.63. The molecule has 1 aliphatic heterocycles. The van der Waals surface area contributed by atoms with E-state index >= 15 is 0 Å². The molecule has 0 N–H and O–H groups in total. The fourth-order valence-electron chi connectivity index (χ4n) is 5.27. The molecule has 2 aliphatic rings. The molecule has 5 rings (SSSR count). The summed E-state index contributed by atoms with van der Waals surface area (Å²) in [6.45, 7) is 5.50. The third-order valence-corrected chi connectivity index (χ3v) is 7.10. The van der Waals surface area contributed by atoms with Crippen molar-refractivity contribution in [1.82, 2.24) is 9.80 Å². The second-order valence-electron chi connectivity index (χ2n) is 9.37. The molecule has 0 atom stereocenters. The van der Waals surface area contributed by atoms with Gasteiger partial charge in [0.1, 0.15) is 17.4 Å². The first-order chi connectivity index (χ1) is 16.7. The van der Waals surface area contributed by atoms with E-state index in [4.69, 9.17) is 4.74 Å². The van der Waals surface area contributed by atoms with Crippen molar-refractivity contribution in [3.63, 3.8) is 0 Å². The SMILES string of the molecule is Fc1ccc(C(c2ccc(F)cc2)N2CCN(CCCOc3ccc4c(c3)CCC4)CC2)cc1. The largest absolute Gasteiger partial charge is 0.494 e. The van der Waals surface area contributed by atoms with Gasteiger partial charge in [0.25, 0.3) is 0 Å². The summed E-state index contributed by atoms with van der Waals surface area (Å²) in [6, 6.07) is 19.9. The van der Waals surface area contributed by atoms with E-state index in [-0.39, 0.29) is 17.7 Å². The standard InChI is InChI=1S/C29H32F2N2O/c30-26-10-5-23(6-11-26)29(24-7-12-27(31)13-8-24)33-18-16-32(17-19-33)15-2-20-34-28-14-9-22-3-1-4-25(22)21-28/h5-14,21,29H,1-4,15-20H2. The molecule has 3 aromatic carbocycles. The second kappa shape index (κ2) is 10.7. The monoisotopic (exact) mass is 462 g/mol. The van der Waals surface area contributed by atoms with Crippen LogP contribution in [-0.4, -0.2) is 49.1 Å². The summed E-state index contributed by atoms with van der Waals surface area (Å²) in [5.74, 6) is 0.508. The summed E-state index contributed by atoms with van der Waals surface area (Å²) in [7, 11) is 0. The van der Waals surface area contributed by atoms with Crippen LogP contribution in [0.3, 0.4) is 0 Å². The maximum absolute atomic E-state index is 13.5. The first kappa shape index (κ1) is 23.0. The van der Waals surface area contributed by atoms with E-state index in [9.17, 15) is 8.78 Å². The number of fused-ring (bicyclic) bond motifs is 1. The van der Waals surface area contributed by atoms with Crippen molar-refractivity contribution in [3.05, 3.63) is 101 Å². The highest BCUT2D eigenvalue weighted by atomic mass is 19.1. The second-order valence-corrected chi connectivity index (χ2v) is 9.37. The van der Waals surface area contributed by atoms with Gasteiger partial charge in [-0.25, -0.2) is 8.78 Å². The fourth-order valence-corrected chi connectivity index (χ4v) is 5.27. The fraction of sp³-hybridized carbons (Fsp3) is 0.379. The van der Waals surface area contributed by atoms with Crippen LogP contribution >= 0.6 is 0 Å². The van der Waals surface area contributed by atoms with Gasteiger partial charge in [-0.1, -0.05) is 30.3 Å².